The van der Waals surface area contributed by atoms with Crippen molar-refractivity contribution in [2.75, 3.05) is 26.2 Å². The molecule has 1 aromatic carbocycles. The SMILES string of the molecule is Cl.Fc1cc(Br)ccc1[C@@H](c1ccc(Cl)s1)N1CCNCC1. The van der Waals surface area contributed by atoms with Gasteiger partial charge < -0.3 is 5.32 Å². The van der Waals surface area contributed by atoms with E-state index < -0.39 is 0 Å². The fraction of sp³-hybridized carbons (Fsp3) is 0.333. The molecule has 0 amide bonds. The molecule has 1 saturated heterocycles. The molecule has 120 valence electrons. The van der Waals surface area contributed by atoms with Crippen LogP contribution in [0.4, 0.5) is 4.39 Å². The summed E-state index contributed by atoms with van der Waals surface area (Å²) >= 11 is 10.9. The van der Waals surface area contributed by atoms with Crippen molar-refractivity contribution < 1.29 is 4.39 Å². The van der Waals surface area contributed by atoms with E-state index in [1.54, 1.807) is 0 Å². The normalized spacial score (nSPS) is 17.0. The number of hydrogen-bond acceptors (Lipinski definition) is 3. The number of hydrogen-bond donors (Lipinski definition) is 1. The Hall–Kier alpha value is -0.170. The van der Waals surface area contributed by atoms with Gasteiger partial charge in [-0.1, -0.05) is 33.6 Å². The number of rotatable bonds is 3. The van der Waals surface area contributed by atoms with Gasteiger partial charge >= 0.3 is 0 Å². The molecule has 1 aliphatic heterocycles. The van der Waals surface area contributed by atoms with Crippen LogP contribution < -0.4 is 5.32 Å². The van der Waals surface area contributed by atoms with Crippen LogP contribution >= 0.6 is 51.3 Å². The molecule has 0 bridgehead atoms. The van der Waals surface area contributed by atoms with Crippen molar-refractivity contribution in [3.63, 3.8) is 0 Å². The van der Waals surface area contributed by atoms with Crippen LogP contribution in [0.5, 0.6) is 0 Å². The molecule has 0 spiro atoms. The second kappa shape index (κ2) is 8.08. The van der Waals surface area contributed by atoms with Gasteiger partial charge in [0.15, 0.2) is 0 Å². The molecule has 0 saturated carbocycles. The van der Waals surface area contributed by atoms with Crippen molar-refractivity contribution in [2.45, 2.75) is 6.04 Å². The minimum atomic E-state index is -0.183. The minimum Gasteiger partial charge on any atom is -0.314 e. The number of nitrogens with zero attached hydrogens (tertiary/aromatic N) is 1. The first-order chi connectivity index (χ1) is 10.1. The summed E-state index contributed by atoms with van der Waals surface area (Å²) in [6.07, 6.45) is 0. The van der Waals surface area contributed by atoms with Gasteiger partial charge in [0.2, 0.25) is 0 Å². The maximum atomic E-state index is 14.4. The average molecular weight is 426 g/mol. The quantitative estimate of drug-likeness (QED) is 0.765. The highest BCUT2D eigenvalue weighted by molar-refractivity contribution is 9.10. The Morgan fingerprint density at radius 3 is 2.55 bits per heavy atom. The summed E-state index contributed by atoms with van der Waals surface area (Å²) < 4.78 is 15.9. The number of benzene rings is 1. The van der Waals surface area contributed by atoms with Crippen LogP contribution in [0.15, 0.2) is 34.8 Å². The maximum absolute atomic E-state index is 14.4. The molecular weight excluding hydrogens is 410 g/mol. The summed E-state index contributed by atoms with van der Waals surface area (Å²) in [6.45, 7) is 3.65. The second-order valence-electron chi connectivity index (χ2n) is 5.00. The van der Waals surface area contributed by atoms with Crippen LogP contribution in [0.25, 0.3) is 0 Å². The molecule has 2 nitrogen and oxygen atoms in total. The van der Waals surface area contributed by atoms with Crippen LogP contribution in [0.1, 0.15) is 16.5 Å². The zero-order valence-corrected chi connectivity index (χ0v) is 15.7. The lowest BCUT2D eigenvalue weighted by Crippen LogP contribution is -2.45. The lowest BCUT2D eigenvalue weighted by atomic mass is 10.0. The van der Waals surface area contributed by atoms with Gasteiger partial charge in [0.1, 0.15) is 5.82 Å². The number of piperazine rings is 1. The van der Waals surface area contributed by atoms with E-state index in [0.717, 1.165) is 39.9 Å². The molecule has 1 atom stereocenters. The Bertz CT molecular complexity index is 632. The van der Waals surface area contributed by atoms with Gasteiger partial charge in [-0.05, 0) is 24.3 Å². The Morgan fingerprint density at radius 1 is 1.23 bits per heavy atom. The number of thiophene rings is 1. The van der Waals surface area contributed by atoms with Gasteiger partial charge in [-0.15, -0.1) is 23.7 Å². The second-order valence-corrected chi connectivity index (χ2v) is 7.66. The van der Waals surface area contributed by atoms with E-state index in [1.165, 1.54) is 17.4 Å². The van der Waals surface area contributed by atoms with Gasteiger partial charge in [-0.3, -0.25) is 4.90 Å². The van der Waals surface area contributed by atoms with Crippen LogP contribution in [0.2, 0.25) is 4.34 Å². The summed E-state index contributed by atoms with van der Waals surface area (Å²) in [6, 6.07) is 9.09. The zero-order valence-electron chi connectivity index (χ0n) is 11.7. The van der Waals surface area contributed by atoms with E-state index >= 15 is 0 Å². The number of nitrogens with one attached hydrogen (secondary N) is 1. The van der Waals surface area contributed by atoms with Crippen molar-refractivity contribution in [1.29, 1.82) is 0 Å². The van der Waals surface area contributed by atoms with Gasteiger partial charge in [0, 0.05) is 41.1 Å². The first-order valence-corrected chi connectivity index (χ1v) is 8.79. The molecule has 1 aromatic heterocycles. The largest absolute Gasteiger partial charge is 0.314 e. The molecule has 1 N–H and O–H groups in total. The number of halogens is 4. The van der Waals surface area contributed by atoms with Gasteiger partial charge in [0.25, 0.3) is 0 Å². The lowest BCUT2D eigenvalue weighted by Gasteiger charge is -2.34. The van der Waals surface area contributed by atoms with E-state index in [2.05, 4.69) is 26.1 Å². The van der Waals surface area contributed by atoms with E-state index in [9.17, 15) is 4.39 Å². The van der Waals surface area contributed by atoms with Crippen molar-refractivity contribution in [2.24, 2.45) is 0 Å². The minimum absolute atomic E-state index is 0. The monoisotopic (exact) mass is 424 g/mol. The fourth-order valence-electron chi connectivity index (χ4n) is 2.67. The zero-order chi connectivity index (χ0) is 14.8. The van der Waals surface area contributed by atoms with Gasteiger partial charge in [-0.2, -0.15) is 0 Å². The third-order valence-electron chi connectivity index (χ3n) is 3.64. The van der Waals surface area contributed by atoms with Crippen LogP contribution in [0, 0.1) is 5.82 Å². The Morgan fingerprint density at radius 2 is 1.95 bits per heavy atom. The van der Waals surface area contributed by atoms with Gasteiger partial charge in [-0.25, -0.2) is 4.39 Å². The van der Waals surface area contributed by atoms with E-state index in [0.29, 0.717) is 5.56 Å². The third kappa shape index (κ3) is 4.02. The highest BCUT2D eigenvalue weighted by Crippen LogP contribution is 2.37. The lowest BCUT2D eigenvalue weighted by molar-refractivity contribution is 0.197. The first kappa shape index (κ1) is 18.2. The Balaban J connectivity index is 0.00000176. The van der Waals surface area contributed by atoms with E-state index in [1.807, 2.05) is 24.3 Å². The molecule has 2 aromatic rings. The molecule has 7 heteroatoms. The van der Waals surface area contributed by atoms with Crippen LogP contribution in [-0.2, 0) is 0 Å². The standard InChI is InChI=1S/C15H15BrClFN2S.ClH/c16-10-1-2-11(12(18)9-10)15(13-3-4-14(17)21-13)20-7-5-19-6-8-20;/h1-4,9,15,19H,5-8H2;1H/t15-;/m0./s1. The van der Waals surface area contributed by atoms with Crippen molar-refractivity contribution in [3.8, 4) is 0 Å². The Kier molecular flexibility index (Phi) is 6.68. The smallest absolute Gasteiger partial charge is 0.129 e. The third-order valence-corrected chi connectivity index (χ3v) is 5.41. The molecule has 1 aliphatic rings. The highest BCUT2D eigenvalue weighted by Gasteiger charge is 2.27. The summed E-state index contributed by atoms with van der Waals surface area (Å²) in [4.78, 5) is 3.40. The van der Waals surface area contributed by atoms with Crippen LogP contribution in [0.3, 0.4) is 0 Å². The molecule has 22 heavy (non-hydrogen) atoms. The average Bonchev–Trinajstić information content (AvgIpc) is 2.89. The van der Waals surface area contributed by atoms with Crippen molar-refractivity contribution in [1.82, 2.24) is 10.2 Å². The molecule has 0 radical (unpaired) electrons. The molecule has 3 rings (SSSR count). The molecular formula is C15H16BrCl2FN2S. The topological polar surface area (TPSA) is 15.3 Å². The Labute approximate surface area is 153 Å². The van der Waals surface area contributed by atoms with Crippen LogP contribution in [-0.4, -0.2) is 31.1 Å². The van der Waals surface area contributed by atoms with E-state index in [-0.39, 0.29) is 24.3 Å². The van der Waals surface area contributed by atoms with Crippen molar-refractivity contribution in [3.05, 3.63) is 55.4 Å². The van der Waals surface area contributed by atoms with E-state index in [4.69, 9.17) is 11.6 Å². The fourth-order valence-corrected chi connectivity index (χ4v) is 4.22. The predicted octanol–water partition coefficient (Wildman–Crippen LogP) is 4.72. The maximum Gasteiger partial charge on any atom is 0.129 e. The summed E-state index contributed by atoms with van der Waals surface area (Å²) in [7, 11) is 0. The first-order valence-electron chi connectivity index (χ1n) is 6.80. The molecule has 0 unspecified atom stereocenters. The molecule has 2 heterocycles. The van der Waals surface area contributed by atoms with Crippen molar-refractivity contribution >= 4 is 51.3 Å². The summed E-state index contributed by atoms with van der Waals surface area (Å²) in [5, 5.41) is 3.34. The summed E-state index contributed by atoms with van der Waals surface area (Å²) in [5.74, 6) is -0.183. The predicted molar refractivity (Wildman–Crippen MR) is 97.0 cm³/mol. The summed E-state index contributed by atoms with van der Waals surface area (Å²) in [5.41, 5.74) is 0.707. The molecule has 0 aliphatic carbocycles. The molecule has 1 fully saturated rings. The van der Waals surface area contributed by atoms with Gasteiger partial charge in [0.05, 0.1) is 10.4 Å². The highest BCUT2D eigenvalue weighted by atomic mass is 79.9.